The molecule has 1 aliphatic heterocycles. The average molecular weight is 411 g/mol. The van der Waals surface area contributed by atoms with Gasteiger partial charge in [0.05, 0.1) is 6.20 Å². The van der Waals surface area contributed by atoms with Gasteiger partial charge in [-0.1, -0.05) is 42.2 Å². The maximum Gasteiger partial charge on any atom is 0.324 e. The van der Waals surface area contributed by atoms with E-state index in [9.17, 15) is 9.59 Å². The number of carbonyl (C=O) groups excluding carboxylic acids is 2. The Morgan fingerprint density at radius 3 is 2.33 bits per heavy atom. The van der Waals surface area contributed by atoms with Gasteiger partial charge in [0.1, 0.15) is 4.34 Å². The van der Waals surface area contributed by atoms with E-state index in [0.717, 1.165) is 51.6 Å². The summed E-state index contributed by atoms with van der Waals surface area (Å²) in [6.45, 7) is 1.53. The average Bonchev–Trinajstić information content (AvgIpc) is 3.45. The first kappa shape index (κ1) is 19.0. The second kappa shape index (κ2) is 8.35. The molecule has 3 fully saturated rings. The van der Waals surface area contributed by atoms with Gasteiger partial charge in [-0.3, -0.25) is 10.1 Å². The van der Waals surface area contributed by atoms with Crippen molar-refractivity contribution in [1.82, 2.24) is 14.8 Å². The van der Waals surface area contributed by atoms with E-state index in [4.69, 9.17) is 11.6 Å². The molecule has 2 saturated carbocycles. The molecule has 8 heteroatoms. The molecule has 6 nitrogen and oxygen atoms in total. The van der Waals surface area contributed by atoms with Crippen LogP contribution in [0.4, 0.5) is 9.93 Å². The Balaban J connectivity index is 1.42. The van der Waals surface area contributed by atoms with Crippen molar-refractivity contribution in [2.45, 2.75) is 69.9 Å². The number of likely N-dealkylation sites (tertiary alicyclic amines) is 1. The van der Waals surface area contributed by atoms with Crippen molar-refractivity contribution >= 4 is 40.0 Å². The third kappa shape index (κ3) is 4.57. The van der Waals surface area contributed by atoms with Gasteiger partial charge >= 0.3 is 6.03 Å². The lowest BCUT2D eigenvalue weighted by atomic mass is 9.91. The molecule has 27 heavy (non-hydrogen) atoms. The van der Waals surface area contributed by atoms with E-state index in [2.05, 4.69) is 15.2 Å². The van der Waals surface area contributed by atoms with Crippen molar-refractivity contribution in [2.75, 3.05) is 18.4 Å². The highest BCUT2D eigenvalue weighted by atomic mass is 35.5. The summed E-state index contributed by atoms with van der Waals surface area (Å²) in [5.41, 5.74) is 0. The number of urea groups is 1. The Hall–Kier alpha value is -1.34. The fourth-order valence-corrected chi connectivity index (χ4v) is 5.21. The zero-order chi connectivity index (χ0) is 18.8. The number of amides is 3. The zero-order valence-corrected chi connectivity index (χ0v) is 17.1. The normalized spacial score (nSPS) is 21.9. The van der Waals surface area contributed by atoms with Crippen molar-refractivity contribution in [3.05, 3.63) is 10.5 Å². The van der Waals surface area contributed by atoms with Gasteiger partial charge in [-0.2, -0.15) is 0 Å². The molecule has 4 rings (SSSR count). The fourth-order valence-electron chi connectivity index (χ4n) is 4.41. The van der Waals surface area contributed by atoms with Gasteiger partial charge in [0.15, 0.2) is 5.13 Å². The predicted octanol–water partition coefficient (Wildman–Crippen LogP) is 4.36. The third-order valence-corrected chi connectivity index (χ3v) is 7.02. The molecule has 0 bridgehead atoms. The summed E-state index contributed by atoms with van der Waals surface area (Å²) in [7, 11) is 0. The van der Waals surface area contributed by atoms with Crippen molar-refractivity contribution < 1.29 is 9.59 Å². The van der Waals surface area contributed by atoms with Crippen LogP contribution in [0, 0.1) is 5.92 Å². The minimum absolute atomic E-state index is 0.0695. The lowest BCUT2D eigenvalue weighted by Crippen LogP contribution is -2.54. The Labute approximate surface area is 169 Å². The number of rotatable bonds is 4. The van der Waals surface area contributed by atoms with Crippen LogP contribution in [0.3, 0.4) is 0 Å². The molecular formula is C19H27ClN4O2S. The number of piperidine rings is 1. The molecule has 148 valence electrons. The number of nitrogens with zero attached hydrogens (tertiary/aromatic N) is 3. The molecule has 3 aliphatic rings. The van der Waals surface area contributed by atoms with Crippen LogP contribution < -0.4 is 5.32 Å². The summed E-state index contributed by atoms with van der Waals surface area (Å²) in [6, 6.07) is 0.400. The Morgan fingerprint density at radius 2 is 1.74 bits per heavy atom. The fraction of sp³-hybridized carbons (Fsp3) is 0.737. The second-order valence-electron chi connectivity index (χ2n) is 7.93. The molecular weight excluding hydrogens is 384 g/mol. The molecule has 0 spiro atoms. The number of anilines is 1. The summed E-state index contributed by atoms with van der Waals surface area (Å²) >= 11 is 7.23. The summed E-state index contributed by atoms with van der Waals surface area (Å²) in [6.07, 6.45) is 11.1. The van der Waals surface area contributed by atoms with Gasteiger partial charge in [0.25, 0.3) is 0 Å². The Kier molecular flexibility index (Phi) is 5.88. The lowest BCUT2D eigenvalue weighted by Gasteiger charge is -2.43. The van der Waals surface area contributed by atoms with Crippen LogP contribution in [-0.2, 0) is 4.79 Å². The Bertz CT molecular complexity index is 679. The largest absolute Gasteiger partial charge is 0.342 e. The minimum atomic E-state index is -0.0695. The summed E-state index contributed by atoms with van der Waals surface area (Å²) in [5, 5.41) is 3.50. The highest BCUT2D eigenvalue weighted by Crippen LogP contribution is 2.34. The number of hydrogen-bond donors (Lipinski definition) is 1. The van der Waals surface area contributed by atoms with E-state index in [0.29, 0.717) is 15.4 Å². The van der Waals surface area contributed by atoms with Crippen molar-refractivity contribution in [3.63, 3.8) is 0 Å². The molecule has 2 heterocycles. The van der Waals surface area contributed by atoms with Gasteiger partial charge in [0.2, 0.25) is 5.91 Å². The second-order valence-corrected chi connectivity index (χ2v) is 9.59. The van der Waals surface area contributed by atoms with Gasteiger partial charge in [-0.25, -0.2) is 9.78 Å². The highest BCUT2D eigenvalue weighted by molar-refractivity contribution is 7.19. The van der Waals surface area contributed by atoms with E-state index in [-0.39, 0.29) is 24.0 Å². The van der Waals surface area contributed by atoms with E-state index < -0.39 is 0 Å². The quantitative estimate of drug-likeness (QED) is 0.801. The van der Waals surface area contributed by atoms with Crippen LogP contribution in [0.1, 0.15) is 57.8 Å². The van der Waals surface area contributed by atoms with Gasteiger partial charge in [0, 0.05) is 31.1 Å². The van der Waals surface area contributed by atoms with Crippen LogP contribution in [0.15, 0.2) is 6.20 Å². The lowest BCUT2D eigenvalue weighted by molar-refractivity contribution is -0.134. The van der Waals surface area contributed by atoms with E-state index in [1.54, 1.807) is 6.20 Å². The molecule has 0 unspecified atom stereocenters. The molecule has 1 aromatic heterocycles. The molecule has 1 N–H and O–H groups in total. The van der Waals surface area contributed by atoms with E-state index >= 15 is 0 Å². The monoisotopic (exact) mass is 410 g/mol. The standard InChI is InChI=1S/C19H27ClN4O2S/c20-16-12-21-18(27-16)22-19(26)24(14-4-2-1-3-5-14)15-8-10-23(11-9-15)17(25)13-6-7-13/h12-15H,1-11H2,(H,21,22,26). The molecule has 1 saturated heterocycles. The van der Waals surface area contributed by atoms with Gasteiger partial charge in [-0.15, -0.1) is 0 Å². The number of nitrogens with one attached hydrogen (secondary N) is 1. The number of aromatic nitrogens is 1. The van der Waals surface area contributed by atoms with Crippen LogP contribution in [0.2, 0.25) is 4.34 Å². The zero-order valence-electron chi connectivity index (χ0n) is 15.5. The topological polar surface area (TPSA) is 65.5 Å². The van der Waals surface area contributed by atoms with Crippen LogP contribution in [0.25, 0.3) is 0 Å². The highest BCUT2D eigenvalue weighted by Gasteiger charge is 2.38. The van der Waals surface area contributed by atoms with E-state index in [1.807, 2.05) is 4.90 Å². The van der Waals surface area contributed by atoms with Crippen LogP contribution in [0.5, 0.6) is 0 Å². The minimum Gasteiger partial charge on any atom is -0.342 e. The Morgan fingerprint density at radius 1 is 1.07 bits per heavy atom. The van der Waals surface area contributed by atoms with E-state index in [1.165, 1.54) is 30.6 Å². The molecule has 2 aliphatic carbocycles. The summed E-state index contributed by atoms with van der Waals surface area (Å²) in [4.78, 5) is 33.7. The van der Waals surface area contributed by atoms with Crippen LogP contribution >= 0.6 is 22.9 Å². The first-order valence-corrected chi connectivity index (χ1v) is 11.3. The number of thiazole rings is 1. The molecule has 3 amide bonds. The van der Waals surface area contributed by atoms with Crippen molar-refractivity contribution in [2.24, 2.45) is 5.92 Å². The summed E-state index contributed by atoms with van der Waals surface area (Å²) in [5.74, 6) is 0.591. The predicted molar refractivity (Wildman–Crippen MR) is 107 cm³/mol. The molecule has 0 radical (unpaired) electrons. The SMILES string of the molecule is O=C(C1CC1)N1CCC(N(C(=O)Nc2ncc(Cl)s2)C2CCCCC2)CC1. The smallest absolute Gasteiger partial charge is 0.324 e. The maximum absolute atomic E-state index is 13.1. The summed E-state index contributed by atoms with van der Waals surface area (Å²) < 4.78 is 0.571. The molecule has 1 aromatic rings. The molecule has 0 atom stereocenters. The number of carbonyl (C=O) groups is 2. The molecule has 0 aromatic carbocycles. The van der Waals surface area contributed by atoms with Crippen molar-refractivity contribution in [3.8, 4) is 0 Å². The number of hydrogen-bond acceptors (Lipinski definition) is 4. The van der Waals surface area contributed by atoms with Gasteiger partial charge < -0.3 is 9.80 Å². The number of halogens is 1. The third-order valence-electron chi connectivity index (χ3n) is 5.99. The first-order valence-electron chi connectivity index (χ1n) is 10.1. The maximum atomic E-state index is 13.1. The first-order chi connectivity index (χ1) is 13.1. The van der Waals surface area contributed by atoms with Crippen LogP contribution in [-0.4, -0.2) is 51.9 Å². The van der Waals surface area contributed by atoms with Gasteiger partial charge in [-0.05, 0) is 38.5 Å². The van der Waals surface area contributed by atoms with Crippen molar-refractivity contribution in [1.29, 1.82) is 0 Å².